The molecule has 0 fully saturated rings. The first-order valence-electron chi connectivity index (χ1n) is 7.10. The maximum Gasteiger partial charge on any atom is 0.191 e. The van der Waals surface area contributed by atoms with Crippen LogP contribution in [0.2, 0.25) is 18.1 Å². The van der Waals surface area contributed by atoms with Crippen molar-refractivity contribution in [2.75, 3.05) is 6.61 Å². The molecule has 0 unspecified atom stereocenters. The number of hydrogen-bond donors (Lipinski definition) is 0. The van der Waals surface area contributed by atoms with E-state index in [1.807, 2.05) is 0 Å². The SMILES string of the molecule is CC(C)(C)[Si](C)(C)OCCCC1=CCCCC1=O. The quantitative estimate of drug-likeness (QED) is 0.543. The van der Waals surface area contributed by atoms with Gasteiger partial charge >= 0.3 is 0 Å². The average molecular weight is 268 g/mol. The van der Waals surface area contributed by atoms with Gasteiger partial charge in [0.1, 0.15) is 0 Å². The second kappa shape index (κ2) is 6.16. The minimum atomic E-state index is -1.61. The normalized spacial score (nSPS) is 17.8. The third-order valence-corrected chi connectivity index (χ3v) is 8.75. The van der Waals surface area contributed by atoms with E-state index in [9.17, 15) is 4.79 Å². The van der Waals surface area contributed by atoms with Crippen LogP contribution in [0.4, 0.5) is 0 Å². The largest absolute Gasteiger partial charge is 0.417 e. The van der Waals surface area contributed by atoms with Gasteiger partial charge < -0.3 is 4.43 Å². The van der Waals surface area contributed by atoms with Crippen molar-refractivity contribution in [2.24, 2.45) is 0 Å². The topological polar surface area (TPSA) is 26.3 Å². The van der Waals surface area contributed by atoms with Crippen molar-refractivity contribution >= 4 is 14.1 Å². The van der Waals surface area contributed by atoms with E-state index in [0.717, 1.165) is 44.3 Å². The molecule has 0 N–H and O–H groups in total. The molecule has 0 amide bonds. The van der Waals surface area contributed by atoms with Gasteiger partial charge in [0.15, 0.2) is 14.1 Å². The summed E-state index contributed by atoms with van der Waals surface area (Å²) in [6, 6.07) is 0. The molecule has 2 nitrogen and oxygen atoms in total. The molecular formula is C15H28O2Si. The minimum absolute atomic E-state index is 0.271. The third-order valence-electron chi connectivity index (χ3n) is 4.22. The van der Waals surface area contributed by atoms with Crippen molar-refractivity contribution in [3.63, 3.8) is 0 Å². The van der Waals surface area contributed by atoms with Gasteiger partial charge in [-0.3, -0.25) is 4.79 Å². The molecule has 0 aromatic rings. The smallest absolute Gasteiger partial charge is 0.191 e. The first-order chi connectivity index (χ1) is 8.24. The van der Waals surface area contributed by atoms with Crippen LogP contribution in [0, 0.1) is 0 Å². The van der Waals surface area contributed by atoms with E-state index in [2.05, 4.69) is 39.9 Å². The Hall–Kier alpha value is -0.413. The molecule has 1 aliphatic carbocycles. The van der Waals surface area contributed by atoms with E-state index in [0.29, 0.717) is 5.78 Å². The van der Waals surface area contributed by atoms with Crippen LogP contribution in [0.5, 0.6) is 0 Å². The van der Waals surface area contributed by atoms with E-state index < -0.39 is 8.32 Å². The van der Waals surface area contributed by atoms with Gasteiger partial charge in [0.2, 0.25) is 0 Å². The van der Waals surface area contributed by atoms with Gasteiger partial charge in [-0.05, 0) is 49.4 Å². The standard InChI is InChI=1S/C15H28O2Si/c1-15(2,3)18(4,5)17-12-8-10-13-9-6-7-11-14(13)16/h9H,6-8,10-12H2,1-5H3. The van der Waals surface area contributed by atoms with Gasteiger partial charge in [0, 0.05) is 13.0 Å². The van der Waals surface area contributed by atoms with Gasteiger partial charge in [-0.15, -0.1) is 0 Å². The van der Waals surface area contributed by atoms with E-state index in [1.54, 1.807) is 0 Å². The van der Waals surface area contributed by atoms with Crippen LogP contribution in [0.15, 0.2) is 11.6 Å². The van der Waals surface area contributed by atoms with Crippen LogP contribution in [0.3, 0.4) is 0 Å². The van der Waals surface area contributed by atoms with Crippen LogP contribution in [0.25, 0.3) is 0 Å². The van der Waals surface area contributed by atoms with Gasteiger partial charge in [0.05, 0.1) is 0 Å². The summed E-state index contributed by atoms with van der Waals surface area (Å²) in [5.41, 5.74) is 1.04. The molecule has 3 heteroatoms. The Morgan fingerprint density at radius 2 is 2.00 bits per heavy atom. The van der Waals surface area contributed by atoms with Crippen molar-refractivity contribution < 1.29 is 9.22 Å². The fraction of sp³-hybridized carbons (Fsp3) is 0.800. The van der Waals surface area contributed by atoms with Crippen molar-refractivity contribution in [3.8, 4) is 0 Å². The van der Waals surface area contributed by atoms with Crippen LogP contribution >= 0.6 is 0 Å². The fourth-order valence-electron chi connectivity index (χ4n) is 1.86. The second-order valence-corrected chi connectivity index (χ2v) is 11.6. The lowest BCUT2D eigenvalue weighted by Gasteiger charge is -2.36. The average Bonchev–Trinajstić information content (AvgIpc) is 2.25. The zero-order valence-corrected chi connectivity index (χ0v) is 13.6. The lowest BCUT2D eigenvalue weighted by molar-refractivity contribution is -0.116. The van der Waals surface area contributed by atoms with E-state index in [1.165, 1.54) is 0 Å². The molecule has 0 heterocycles. The summed E-state index contributed by atoms with van der Waals surface area (Å²) < 4.78 is 6.12. The van der Waals surface area contributed by atoms with Crippen molar-refractivity contribution in [2.45, 2.75) is 71.0 Å². The molecule has 18 heavy (non-hydrogen) atoms. The molecule has 0 spiro atoms. The molecule has 0 radical (unpaired) electrons. The first kappa shape index (κ1) is 15.6. The van der Waals surface area contributed by atoms with Gasteiger partial charge in [-0.2, -0.15) is 0 Å². The Balaban J connectivity index is 2.31. The summed E-state index contributed by atoms with van der Waals surface area (Å²) >= 11 is 0. The molecule has 1 rings (SSSR count). The number of hydrogen-bond acceptors (Lipinski definition) is 2. The summed E-state index contributed by atoms with van der Waals surface area (Å²) in [4.78, 5) is 11.6. The highest BCUT2D eigenvalue weighted by molar-refractivity contribution is 6.74. The summed E-state index contributed by atoms with van der Waals surface area (Å²) in [5, 5.41) is 0.271. The summed E-state index contributed by atoms with van der Waals surface area (Å²) in [6.45, 7) is 12.1. The molecule has 1 aliphatic rings. The second-order valence-electron chi connectivity index (χ2n) is 6.76. The Labute approximate surface area is 113 Å². The van der Waals surface area contributed by atoms with E-state index >= 15 is 0 Å². The van der Waals surface area contributed by atoms with E-state index in [-0.39, 0.29) is 5.04 Å². The van der Waals surface area contributed by atoms with Crippen LogP contribution in [-0.4, -0.2) is 20.7 Å². The number of Topliss-reactive ketones (excluding diaryl/α,β-unsaturated/α-hetero) is 1. The third kappa shape index (κ3) is 4.36. The number of rotatable bonds is 5. The summed E-state index contributed by atoms with van der Waals surface area (Å²) in [5.74, 6) is 0.355. The number of allylic oxidation sites excluding steroid dienone is 2. The minimum Gasteiger partial charge on any atom is -0.417 e. The zero-order chi connectivity index (χ0) is 13.8. The molecule has 0 atom stereocenters. The van der Waals surface area contributed by atoms with Gasteiger partial charge in [-0.25, -0.2) is 0 Å². The Kier molecular flexibility index (Phi) is 5.35. The molecule has 0 bridgehead atoms. The fourth-order valence-corrected chi connectivity index (χ4v) is 2.95. The van der Waals surface area contributed by atoms with Crippen molar-refractivity contribution in [3.05, 3.63) is 11.6 Å². The maximum absolute atomic E-state index is 11.6. The molecule has 0 saturated heterocycles. The molecular weight excluding hydrogens is 240 g/mol. The van der Waals surface area contributed by atoms with Gasteiger partial charge in [0.25, 0.3) is 0 Å². The molecule has 0 aromatic heterocycles. The number of ketones is 1. The van der Waals surface area contributed by atoms with Crippen molar-refractivity contribution in [1.29, 1.82) is 0 Å². The molecule has 0 saturated carbocycles. The highest BCUT2D eigenvalue weighted by Crippen LogP contribution is 2.36. The molecule has 0 aliphatic heterocycles. The zero-order valence-electron chi connectivity index (χ0n) is 12.6. The highest BCUT2D eigenvalue weighted by atomic mass is 28.4. The van der Waals surface area contributed by atoms with Crippen molar-refractivity contribution in [1.82, 2.24) is 0 Å². The van der Waals surface area contributed by atoms with E-state index in [4.69, 9.17) is 4.43 Å². The van der Waals surface area contributed by atoms with Crippen LogP contribution in [0.1, 0.15) is 52.9 Å². The molecule has 0 aromatic carbocycles. The monoisotopic (exact) mass is 268 g/mol. The summed E-state index contributed by atoms with van der Waals surface area (Å²) in [6.07, 6.45) is 6.84. The van der Waals surface area contributed by atoms with Crippen LogP contribution in [-0.2, 0) is 9.22 Å². The first-order valence-corrected chi connectivity index (χ1v) is 10.0. The molecule has 104 valence electrons. The van der Waals surface area contributed by atoms with Gasteiger partial charge in [-0.1, -0.05) is 26.8 Å². The number of carbonyl (C=O) groups excluding carboxylic acids is 1. The predicted octanol–water partition coefficient (Wildman–Crippen LogP) is 4.47. The Bertz CT molecular complexity index is 324. The number of carbonyl (C=O) groups is 1. The Morgan fingerprint density at radius 3 is 2.56 bits per heavy atom. The maximum atomic E-state index is 11.6. The Morgan fingerprint density at radius 1 is 1.33 bits per heavy atom. The lowest BCUT2D eigenvalue weighted by atomic mass is 9.95. The van der Waals surface area contributed by atoms with Crippen LogP contribution < -0.4 is 0 Å². The predicted molar refractivity (Wildman–Crippen MR) is 79.3 cm³/mol. The summed E-state index contributed by atoms with van der Waals surface area (Å²) in [7, 11) is -1.61. The lowest BCUT2D eigenvalue weighted by Crippen LogP contribution is -2.41. The highest BCUT2D eigenvalue weighted by Gasteiger charge is 2.36.